The fraction of sp³-hybridized carbons (Fsp3) is 0.556. The van der Waals surface area contributed by atoms with Crippen molar-refractivity contribution in [1.29, 1.82) is 0 Å². The molecule has 2 amide bonds. The monoisotopic (exact) mass is 429 g/mol. The van der Waals surface area contributed by atoms with Crippen LogP contribution in [0.25, 0.3) is 0 Å². The molecular formula is C18H27N3O7S. The highest BCUT2D eigenvalue weighted by Gasteiger charge is 2.33. The Morgan fingerprint density at radius 3 is 2.31 bits per heavy atom. The maximum atomic E-state index is 13.1. The number of rotatable bonds is 7. The molecule has 162 valence electrons. The number of ether oxygens (including phenoxy) is 3. The van der Waals surface area contributed by atoms with Crippen molar-refractivity contribution < 1.29 is 32.2 Å². The molecule has 0 atom stereocenters. The zero-order valence-corrected chi connectivity index (χ0v) is 17.9. The van der Waals surface area contributed by atoms with Gasteiger partial charge in [0.1, 0.15) is 22.9 Å². The van der Waals surface area contributed by atoms with Crippen molar-refractivity contribution in [2.75, 3.05) is 60.6 Å². The fourth-order valence-corrected chi connectivity index (χ4v) is 4.50. The van der Waals surface area contributed by atoms with Crippen molar-refractivity contribution >= 4 is 22.0 Å². The third-order valence-corrected chi connectivity index (χ3v) is 6.45. The summed E-state index contributed by atoms with van der Waals surface area (Å²) in [5, 5.41) is 0. The smallest absolute Gasteiger partial charge is 0.409 e. The van der Waals surface area contributed by atoms with E-state index in [2.05, 4.69) is 0 Å². The van der Waals surface area contributed by atoms with E-state index in [4.69, 9.17) is 14.2 Å². The second-order valence-corrected chi connectivity index (χ2v) is 8.26. The Labute approximate surface area is 171 Å². The molecule has 0 unspecified atom stereocenters. The van der Waals surface area contributed by atoms with Crippen LogP contribution in [0, 0.1) is 0 Å². The van der Waals surface area contributed by atoms with Crippen LogP contribution >= 0.6 is 0 Å². The van der Waals surface area contributed by atoms with Gasteiger partial charge in [0.15, 0.2) is 0 Å². The summed E-state index contributed by atoms with van der Waals surface area (Å²) in [6.07, 6.45) is -0.577. The van der Waals surface area contributed by atoms with E-state index < -0.39 is 16.1 Å². The lowest BCUT2D eigenvalue weighted by atomic mass is 10.3. The Bertz CT molecular complexity index is 836. The molecule has 0 aromatic heterocycles. The fourth-order valence-electron chi connectivity index (χ4n) is 2.90. The average Bonchev–Trinajstić information content (AvgIpc) is 2.73. The molecule has 0 radical (unpaired) electrons. The Balaban J connectivity index is 2.05. The lowest BCUT2D eigenvalue weighted by Gasteiger charge is -2.34. The molecule has 1 aromatic carbocycles. The number of methoxy groups -OCH3 is 2. The zero-order chi connectivity index (χ0) is 21.6. The first kappa shape index (κ1) is 22.8. The van der Waals surface area contributed by atoms with Crippen LogP contribution in [0.4, 0.5) is 4.79 Å². The lowest BCUT2D eigenvalue weighted by molar-refractivity contribution is -0.133. The van der Waals surface area contributed by atoms with E-state index in [-0.39, 0.29) is 55.9 Å². The van der Waals surface area contributed by atoms with Gasteiger partial charge in [-0.25, -0.2) is 13.2 Å². The topological polar surface area (TPSA) is 106 Å². The van der Waals surface area contributed by atoms with Crippen molar-refractivity contribution in [3.8, 4) is 11.5 Å². The molecule has 1 aromatic rings. The number of likely N-dealkylation sites (N-methyl/N-ethyl adjacent to an activating group) is 1. The van der Waals surface area contributed by atoms with Gasteiger partial charge in [-0.05, 0) is 19.1 Å². The summed E-state index contributed by atoms with van der Waals surface area (Å²) < 4.78 is 42.6. The minimum atomic E-state index is -3.82. The first-order valence-electron chi connectivity index (χ1n) is 9.12. The number of benzene rings is 1. The second kappa shape index (κ2) is 9.79. The molecule has 1 aliphatic rings. The first-order chi connectivity index (χ1) is 13.7. The maximum absolute atomic E-state index is 13.1. The molecule has 1 saturated heterocycles. The van der Waals surface area contributed by atoms with Gasteiger partial charge in [-0.2, -0.15) is 4.31 Å². The summed E-state index contributed by atoms with van der Waals surface area (Å²) in [7, 11) is 0.508. The number of hydrogen-bond donors (Lipinski definition) is 0. The number of amides is 2. The van der Waals surface area contributed by atoms with Crippen molar-refractivity contribution in [1.82, 2.24) is 14.1 Å². The van der Waals surface area contributed by atoms with Crippen molar-refractivity contribution in [2.24, 2.45) is 0 Å². The van der Waals surface area contributed by atoms with Gasteiger partial charge in [-0.15, -0.1) is 0 Å². The summed E-state index contributed by atoms with van der Waals surface area (Å²) in [5.41, 5.74) is 0. The highest BCUT2D eigenvalue weighted by molar-refractivity contribution is 7.89. The van der Waals surface area contributed by atoms with E-state index in [1.54, 1.807) is 13.0 Å². The number of carbonyl (C=O) groups excluding carboxylic acids is 2. The SMILES string of the molecule is CCOC(=O)N(C)CC(=O)N1CCN(S(=O)(=O)c2cc(OC)ccc2OC)CC1. The summed E-state index contributed by atoms with van der Waals surface area (Å²) in [6.45, 7) is 2.50. The molecule has 1 fully saturated rings. The normalized spacial score (nSPS) is 15.0. The van der Waals surface area contributed by atoms with Crippen LogP contribution in [0.15, 0.2) is 23.1 Å². The summed E-state index contributed by atoms with van der Waals surface area (Å²) in [5.74, 6) is 0.358. The van der Waals surface area contributed by atoms with Crippen LogP contribution in [-0.4, -0.2) is 95.1 Å². The number of hydrogen-bond acceptors (Lipinski definition) is 7. The zero-order valence-electron chi connectivity index (χ0n) is 17.1. The van der Waals surface area contributed by atoms with Gasteiger partial charge in [0, 0.05) is 39.3 Å². The highest BCUT2D eigenvalue weighted by atomic mass is 32.2. The largest absolute Gasteiger partial charge is 0.497 e. The number of sulfonamides is 1. The van der Waals surface area contributed by atoms with Gasteiger partial charge in [-0.3, -0.25) is 4.79 Å². The van der Waals surface area contributed by atoms with Gasteiger partial charge in [0.2, 0.25) is 15.9 Å². The maximum Gasteiger partial charge on any atom is 0.409 e. The minimum Gasteiger partial charge on any atom is -0.497 e. The van der Waals surface area contributed by atoms with Crippen LogP contribution < -0.4 is 9.47 Å². The lowest BCUT2D eigenvalue weighted by Crippen LogP contribution is -2.52. The Kier molecular flexibility index (Phi) is 7.68. The van der Waals surface area contributed by atoms with Gasteiger partial charge in [-0.1, -0.05) is 0 Å². The molecule has 10 nitrogen and oxygen atoms in total. The van der Waals surface area contributed by atoms with Crippen molar-refractivity contribution in [3.63, 3.8) is 0 Å². The molecule has 1 aliphatic heterocycles. The molecule has 1 heterocycles. The molecule has 11 heteroatoms. The quantitative estimate of drug-likeness (QED) is 0.626. The van der Waals surface area contributed by atoms with Crippen LogP contribution in [0.1, 0.15) is 6.92 Å². The summed E-state index contributed by atoms with van der Waals surface area (Å²) in [4.78, 5) is 26.8. The van der Waals surface area contributed by atoms with E-state index in [0.717, 1.165) is 0 Å². The van der Waals surface area contributed by atoms with E-state index in [0.29, 0.717) is 5.75 Å². The molecule has 0 N–H and O–H groups in total. The third-order valence-electron chi connectivity index (χ3n) is 4.53. The number of nitrogens with zero attached hydrogens (tertiary/aromatic N) is 3. The molecule has 29 heavy (non-hydrogen) atoms. The van der Waals surface area contributed by atoms with Crippen molar-refractivity contribution in [2.45, 2.75) is 11.8 Å². The van der Waals surface area contributed by atoms with Gasteiger partial charge < -0.3 is 24.0 Å². The summed E-state index contributed by atoms with van der Waals surface area (Å²) in [6, 6.07) is 4.57. The Morgan fingerprint density at radius 2 is 1.76 bits per heavy atom. The minimum absolute atomic E-state index is 0.0150. The van der Waals surface area contributed by atoms with Crippen LogP contribution in [0.3, 0.4) is 0 Å². The van der Waals surface area contributed by atoms with Gasteiger partial charge in [0.25, 0.3) is 0 Å². The van der Waals surface area contributed by atoms with Crippen LogP contribution in [0.5, 0.6) is 11.5 Å². The van der Waals surface area contributed by atoms with Crippen molar-refractivity contribution in [3.05, 3.63) is 18.2 Å². The van der Waals surface area contributed by atoms with E-state index >= 15 is 0 Å². The Morgan fingerprint density at radius 1 is 1.10 bits per heavy atom. The second-order valence-electron chi connectivity index (χ2n) is 6.36. The average molecular weight is 429 g/mol. The molecular weight excluding hydrogens is 402 g/mol. The van der Waals surface area contributed by atoms with Gasteiger partial charge in [0.05, 0.1) is 20.8 Å². The van der Waals surface area contributed by atoms with Crippen LogP contribution in [-0.2, 0) is 19.6 Å². The molecule has 0 saturated carbocycles. The number of piperazine rings is 1. The standard InChI is InChI=1S/C18H27N3O7S/c1-5-28-18(23)19(2)13-17(22)20-8-10-21(11-9-20)29(24,25)16-12-14(26-3)6-7-15(16)27-4/h6-7,12H,5,8-11,13H2,1-4H3. The molecule has 0 aliphatic carbocycles. The highest BCUT2D eigenvalue weighted by Crippen LogP contribution is 2.31. The molecule has 0 spiro atoms. The van der Waals surface area contributed by atoms with E-state index in [1.807, 2.05) is 0 Å². The first-order valence-corrected chi connectivity index (χ1v) is 10.6. The molecule has 0 bridgehead atoms. The third kappa shape index (κ3) is 5.30. The molecule has 2 rings (SSSR count). The predicted molar refractivity (Wildman–Crippen MR) is 105 cm³/mol. The van der Waals surface area contributed by atoms with Gasteiger partial charge >= 0.3 is 6.09 Å². The van der Waals surface area contributed by atoms with E-state index in [1.165, 1.54) is 47.5 Å². The summed E-state index contributed by atoms with van der Waals surface area (Å²) >= 11 is 0. The Hall–Kier alpha value is -2.53. The van der Waals surface area contributed by atoms with E-state index in [9.17, 15) is 18.0 Å². The number of carbonyl (C=O) groups is 2. The predicted octanol–water partition coefficient (Wildman–Crippen LogP) is 0.625. The van der Waals surface area contributed by atoms with Crippen LogP contribution in [0.2, 0.25) is 0 Å².